The maximum atomic E-state index is 12.4. The van der Waals surface area contributed by atoms with Crippen molar-refractivity contribution in [3.05, 3.63) is 35.4 Å². The van der Waals surface area contributed by atoms with E-state index in [0.29, 0.717) is 5.56 Å². The number of ether oxygens (including phenoxy) is 1. The summed E-state index contributed by atoms with van der Waals surface area (Å²) >= 11 is 0. The molecule has 7 heteroatoms. The molecule has 0 bridgehead atoms. The van der Waals surface area contributed by atoms with Crippen molar-refractivity contribution in [2.45, 2.75) is 52.3 Å². The highest BCUT2D eigenvalue weighted by Crippen LogP contribution is 2.08. The van der Waals surface area contributed by atoms with Crippen LogP contribution in [0.1, 0.15) is 43.6 Å². The van der Waals surface area contributed by atoms with Gasteiger partial charge in [-0.1, -0.05) is 17.7 Å². The average molecular weight is 350 g/mol. The molecule has 0 aliphatic rings. The van der Waals surface area contributed by atoms with Crippen molar-refractivity contribution in [2.75, 3.05) is 6.61 Å². The predicted octanol–water partition coefficient (Wildman–Crippen LogP) is 1.50. The van der Waals surface area contributed by atoms with E-state index in [1.807, 2.05) is 27.7 Å². The van der Waals surface area contributed by atoms with Gasteiger partial charge in [-0.05, 0) is 46.8 Å². The molecule has 1 aromatic rings. The van der Waals surface area contributed by atoms with Crippen molar-refractivity contribution in [1.82, 2.24) is 10.6 Å². The molecule has 0 aliphatic heterocycles. The maximum absolute atomic E-state index is 12.4. The monoisotopic (exact) mass is 350 g/mol. The number of carboxylic acid groups (broad SMARTS) is 1. The Morgan fingerprint density at radius 2 is 1.68 bits per heavy atom. The predicted molar refractivity (Wildman–Crippen MR) is 93.4 cm³/mol. The minimum atomic E-state index is -1.16. The molecular formula is C18H26N2O5. The van der Waals surface area contributed by atoms with Crippen LogP contribution in [0.3, 0.4) is 0 Å². The summed E-state index contributed by atoms with van der Waals surface area (Å²) in [5.41, 5.74) is 0.911. The van der Waals surface area contributed by atoms with Crippen LogP contribution in [0.5, 0.6) is 0 Å². The summed E-state index contributed by atoms with van der Waals surface area (Å²) in [6.07, 6.45) is 0. The van der Waals surface area contributed by atoms with Crippen molar-refractivity contribution >= 4 is 17.8 Å². The molecule has 0 saturated heterocycles. The molecule has 138 valence electrons. The smallest absolute Gasteiger partial charge is 0.325 e. The molecule has 0 radical (unpaired) electrons. The third kappa shape index (κ3) is 7.34. The zero-order chi connectivity index (χ0) is 19.2. The van der Waals surface area contributed by atoms with E-state index >= 15 is 0 Å². The zero-order valence-corrected chi connectivity index (χ0v) is 15.3. The van der Waals surface area contributed by atoms with E-state index in [0.717, 1.165) is 5.56 Å². The van der Waals surface area contributed by atoms with Crippen molar-refractivity contribution in [3.63, 3.8) is 0 Å². The minimum Gasteiger partial charge on any atom is -0.480 e. The lowest BCUT2D eigenvalue weighted by Crippen LogP contribution is -2.53. The van der Waals surface area contributed by atoms with Crippen LogP contribution >= 0.6 is 0 Å². The van der Waals surface area contributed by atoms with E-state index in [2.05, 4.69) is 10.6 Å². The fraction of sp³-hybridized carbons (Fsp3) is 0.500. The fourth-order valence-electron chi connectivity index (χ4n) is 1.84. The molecular weight excluding hydrogens is 324 g/mol. The van der Waals surface area contributed by atoms with Crippen LogP contribution in [0.4, 0.5) is 0 Å². The van der Waals surface area contributed by atoms with Crippen LogP contribution in [-0.4, -0.2) is 47.2 Å². The molecule has 0 aliphatic carbocycles. The Bertz CT molecular complexity index is 619. The van der Waals surface area contributed by atoms with Gasteiger partial charge in [0.15, 0.2) is 0 Å². The second-order valence-electron chi connectivity index (χ2n) is 6.88. The third-order valence-electron chi connectivity index (χ3n) is 3.35. The Kier molecular flexibility index (Phi) is 7.11. The number of carbonyl (C=O) groups excluding carboxylic acids is 2. The van der Waals surface area contributed by atoms with E-state index < -0.39 is 35.5 Å². The van der Waals surface area contributed by atoms with Gasteiger partial charge in [-0.15, -0.1) is 0 Å². The molecule has 1 rings (SSSR count). The number of benzene rings is 1. The Morgan fingerprint density at radius 1 is 1.12 bits per heavy atom. The van der Waals surface area contributed by atoms with Gasteiger partial charge in [-0.2, -0.15) is 0 Å². The summed E-state index contributed by atoms with van der Waals surface area (Å²) in [5.74, 6) is -2.20. The highest BCUT2D eigenvalue weighted by molar-refractivity contribution is 5.98. The highest BCUT2D eigenvalue weighted by Gasteiger charge is 2.26. The van der Waals surface area contributed by atoms with Crippen LogP contribution in [0.2, 0.25) is 0 Å². The van der Waals surface area contributed by atoms with Gasteiger partial charge in [0.25, 0.3) is 5.91 Å². The number of aliphatic carboxylic acids is 1. The second-order valence-corrected chi connectivity index (χ2v) is 6.88. The normalized spacial score (nSPS) is 13.6. The van der Waals surface area contributed by atoms with E-state index in [1.54, 1.807) is 24.3 Å². The number of amides is 2. The van der Waals surface area contributed by atoms with Crippen molar-refractivity contribution in [2.24, 2.45) is 0 Å². The molecule has 0 aromatic heterocycles. The molecule has 25 heavy (non-hydrogen) atoms. The van der Waals surface area contributed by atoms with Crippen LogP contribution < -0.4 is 10.6 Å². The van der Waals surface area contributed by atoms with Gasteiger partial charge in [0, 0.05) is 5.56 Å². The molecule has 7 nitrogen and oxygen atoms in total. The van der Waals surface area contributed by atoms with Gasteiger partial charge in [-0.3, -0.25) is 14.4 Å². The number of aryl methyl sites for hydroxylation is 1. The Morgan fingerprint density at radius 3 is 2.16 bits per heavy atom. The molecule has 3 N–H and O–H groups in total. The lowest BCUT2D eigenvalue weighted by atomic mass is 10.1. The lowest BCUT2D eigenvalue weighted by Gasteiger charge is -2.25. The molecule has 0 fully saturated rings. The van der Waals surface area contributed by atoms with Gasteiger partial charge < -0.3 is 20.5 Å². The first-order valence-electron chi connectivity index (χ1n) is 8.04. The number of hydrogen-bond donors (Lipinski definition) is 3. The first-order chi connectivity index (χ1) is 11.5. The average Bonchev–Trinajstić information content (AvgIpc) is 2.50. The first-order valence-corrected chi connectivity index (χ1v) is 8.04. The van der Waals surface area contributed by atoms with Gasteiger partial charge in [0.2, 0.25) is 5.91 Å². The van der Waals surface area contributed by atoms with Gasteiger partial charge in [0.1, 0.15) is 12.1 Å². The number of carboxylic acids is 1. The van der Waals surface area contributed by atoms with Crippen molar-refractivity contribution in [1.29, 1.82) is 0 Å². The van der Waals surface area contributed by atoms with Crippen LogP contribution in [-0.2, 0) is 14.3 Å². The standard InChI is InChI=1S/C18H26N2O5/c1-11-6-8-13(9-7-11)15(21)20-14(10-25-18(3,4)5)16(22)19-12(2)17(23)24/h6-9,12,14H,10H2,1-5H3,(H,19,22)(H,20,21)(H,23,24)/t12-,14+/m0/s1. The highest BCUT2D eigenvalue weighted by atomic mass is 16.5. The van der Waals surface area contributed by atoms with Crippen molar-refractivity contribution in [3.8, 4) is 0 Å². The number of rotatable bonds is 7. The van der Waals surface area contributed by atoms with Crippen LogP contribution in [0.25, 0.3) is 0 Å². The quantitative estimate of drug-likeness (QED) is 0.691. The Balaban J connectivity index is 2.85. The Hall–Kier alpha value is -2.41. The molecule has 1 aromatic carbocycles. The lowest BCUT2D eigenvalue weighted by molar-refractivity contribution is -0.142. The Labute approximate surface area is 147 Å². The van der Waals surface area contributed by atoms with Gasteiger partial charge in [0.05, 0.1) is 12.2 Å². The summed E-state index contributed by atoms with van der Waals surface area (Å²) in [4.78, 5) is 35.6. The summed E-state index contributed by atoms with van der Waals surface area (Å²) in [6.45, 7) is 8.66. The van der Waals surface area contributed by atoms with E-state index in [1.165, 1.54) is 6.92 Å². The van der Waals surface area contributed by atoms with Crippen molar-refractivity contribution < 1.29 is 24.2 Å². The topological polar surface area (TPSA) is 105 Å². The summed E-state index contributed by atoms with van der Waals surface area (Å²) in [6, 6.07) is 4.83. The van der Waals surface area contributed by atoms with Gasteiger partial charge in [-0.25, -0.2) is 0 Å². The molecule has 2 atom stereocenters. The maximum Gasteiger partial charge on any atom is 0.325 e. The minimum absolute atomic E-state index is 0.0702. The van der Waals surface area contributed by atoms with E-state index in [4.69, 9.17) is 9.84 Å². The number of carbonyl (C=O) groups is 3. The third-order valence-corrected chi connectivity index (χ3v) is 3.35. The van der Waals surface area contributed by atoms with Gasteiger partial charge >= 0.3 is 5.97 Å². The molecule has 2 amide bonds. The first kappa shape index (κ1) is 20.6. The van der Waals surface area contributed by atoms with Crippen LogP contribution in [0.15, 0.2) is 24.3 Å². The largest absolute Gasteiger partial charge is 0.480 e. The van der Waals surface area contributed by atoms with E-state index in [-0.39, 0.29) is 6.61 Å². The number of nitrogens with one attached hydrogen (secondary N) is 2. The second kappa shape index (κ2) is 8.62. The molecule has 0 heterocycles. The zero-order valence-electron chi connectivity index (χ0n) is 15.3. The number of hydrogen-bond acceptors (Lipinski definition) is 4. The summed E-state index contributed by atoms with van der Waals surface area (Å²) in [7, 11) is 0. The van der Waals surface area contributed by atoms with E-state index in [9.17, 15) is 14.4 Å². The fourth-order valence-corrected chi connectivity index (χ4v) is 1.84. The SMILES string of the molecule is Cc1ccc(C(=O)N[C@H](COC(C)(C)C)C(=O)N[C@@H](C)C(=O)O)cc1. The summed E-state index contributed by atoms with van der Waals surface area (Å²) in [5, 5.41) is 13.9. The van der Waals surface area contributed by atoms with Crippen LogP contribution in [0, 0.1) is 6.92 Å². The molecule has 0 unspecified atom stereocenters. The molecule has 0 saturated carbocycles. The molecule has 0 spiro atoms. The summed E-state index contributed by atoms with van der Waals surface area (Å²) < 4.78 is 5.59.